The van der Waals surface area contributed by atoms with E-state index in [1.165, 1.54) is 0 Å². The van der Waals surface area contributed by atoms with Crippen LogP contribution in [0.1, 0.15) is 64.7 Å². The molecule has 0 spiro atoms. The van der Waals surface area contributed by atoms with Crippen molar-refractivity contribution in [2.45, 2.75) is 52.5 Å². The predicted molar refractivity (Wildman–Crippen MR) is 86.9 cm³/mol. The molecule has 1 aromatic rings. The molecule has 2 N–H and O–H groups in total. The van der Waals surface area contributed by atoms with E-state index in [2.05, 4.69) is 10.3 Å². The summed E-state index contributed by atoms with van der Waals surface area (Å²) >= 11 is 0. The number of esters is 2. The van der Waals surface area contributed by atoms with Crippen molar-refractivity contribution in [2.24, 2.45) is 0 Å². The summed E-state index contributed by atoms with van der Waals surface area (Å²) in [5.74, 6) is -1.45. The third kappa shape index (κ3) is 4.15. The highest BCUT2D eigenvalue weighted by molar-refractivity contribution is 5.99. The minimum Gasteiger partial charge on any atom is -0.462 e. The molecule has 0 atom stereocenters. The molecule has 2 rings (SSSR count). The zero-order valence-electron chi connectivity index (χ0n) is 14.4. The maximum absolute atomic E-state index is 12.2. The van der Waals surface area contributed by atoms with Gasteiger partial charge in [-0.25, -0.2) is 9.59 Å². The number of hydrogen-bond donors (Lipinski definition) is 2. The number of aryl methyl sites for hydroxylation is 1. The molecule has 1 saturated carbocycles. The van der Waals surface area contributed by atoms with Crippen LogP contribution in [0.3, 0.4) is 0 Å². The van der Waals surface area contributed by atoms with Crippen LogP contribution in [0.2, 0.25) is 0 Å². The summed E-state index contributed by atoms with van der Waals surface area (Å²) in [5, 5.41) is 2.85. The molecule has 132 valence electrons. The third-order valence-electron chi connectivity index (χ3n) is 4.18. The summed E-state index contributed by atoms with van der Waals surface area (Å²) < 4.78 is 10.0. The van der Waals surface area contributed by atoms with E-state index in [1.807, 2.05) is 0 Å². The number of hydrogen-bond acceptors (Lipinski definition) is 5. The minimum atomic E-state index is -0.660. The fourth-order valence-electron chi connectivity index (χ4n) is 3.01. The first kappa shape index (κ1) is 18.0. The fourth-order valence-corrected chi connectivity index (χ4v) is 3.01. The second-order valence-electron chi connectivity index (χ2n) is 5.97. The Morgan fingerprint density at radius 3 is 2.42 bits per heavy atom. The Kier molecular flexibility index (Phi) is 6.00. The van der Waals surface area contributed by atoms with E-state index in [4.69, 9.17) is 9.47 Å². The van der Waals surface area contributed by atoms with Gasteiger partial charge in [-0.3, -0.25) is 4.79 Å². The highest BCUT2D eigenvalue weighted by Gasteiger charge is 2.24. The normalized spacial score (nSPS) is 14.5. The monoisotopic (exact) mass is 336 g/mol. The van der Waals surface area contributed by atoms with Gasteiger partial charge in [0.25, 0.3) is 5.91 Å². The molecule has 1 fully saturated rings. The molecule has 7 heteroatoms. The Hall–Kier alpha value is -2.31. The lowest BCUT2D eigenvalue weighted by molar-refractivity contribution is -0.124. The summed E-state index contributed by atoms with van der Waals surface area (Å²) in [4.78, 5) is 38.7. The van der Waals surface area contributed by atoms with Crippen molar-refractivity contribution in [2.75, 3.05) is 13.2 Å². The van der Waals surface area contributed by atoms with Gasteiger partial charge in [0.05, 0.1) is 12.2 Å². The first-order valence-electron chi connectivity index (χ1n) is 8.26. The lowest BCUT2D eigenvalue weighted by Crippen LogP contribution is -2.36. The number of nitrogens with one attached hydrogen (secondary N) is 2. The molecule has 0 aromatic carbocycles. The lowest BCUT2D eigenvalue weighted by atomic mass is 10.1. The SMILES string of the molecule is CCOC(=O)c1c(C)[nH]c(C(=O)OCC(=O)NC2CCCC2)c1C. The van der Waals surface area contributed by atoms with Crippen molar-refractivity contribution in [1.29, 1.82) is 0 Å². The molecule has 1 aromatic heterocycles. The van der Waals surface area contributed by atoms with E-state index < -0.39 is 11.9 Å². The van der Waals surface area contributed by atoms with E-state index in [-0.39, 0.29) is 30.9 Å². The van der Waals surface area contributed by atoms with Crippen LogP contribution < -0.4 is 5.32 Å². The quantitative estimate of drug-likeness (QED) is 0.775. The van der Waals surface area contributed by atoms with Gasteiger partial charge in [-0.1, -0.05) is 12.8 Å². The van der Waals surface area contributed by atoms with Crippen LogP contribution in [0, 0.1) is 13.8 Å². The summed E-state index contributed by atoms with van der Waals surface area (Å²) in [6.07, 6.45) is 4.17. The zero-order valence-corrected chi connectivity index (χ0v) is 14.4. The van der Waals surface area contributed by atoms with Crippen LogP contribution in [-0.2, 0) is 14.3 Å². The number of aromatic amines is 1. The maximum Gasteiger partial charge on any atom is 0.355 e. The topological polar surface area (TPSA) is 97.5 Å². The van der Waals surface area contributed by atoms with Gasteiger partial charge < -0.3 is 19.8 Å². The van der Waals surface area contributed by atoms with Gasteiger partial charge in [-0.2, -0.15) is 0 Å². The smallest absolute Gasteiger partial charge is 0.355 e. The van der Waals surface area contributed by atoms with Gasteiger partial charge in [-0.05, 0) is 39.2 Å². The van der Waals surface area contributed by atoms with Crippen molar-refractivity contribution in [3.63, 3.8) is 0 Å². The Labute approximate surface area is 141 Å². The summed E-state index contributed by atoms with van der Waals surface area (Å²) in [6.45, 7) is 4.97. The highest BCUT2D eigenvalue weighted by atomic mass is 16.5. The molecule has 0 saturated heterocycles. The van der Waals surface area contributed by atoms with Crippen LogP contribution in [0.5, 0.6) is 0 Å². The fraction of sp³-hybridized carbons (Fsp3) is 0.588. The van der Waals surface area contributed by atoms with E-state index in [0.29, 0.717) is 16.8 Å². The third-order valence-corrected chi connectivity index (χ3v) is 4.18. The second kappa shape index (κ2) is 7.99. The molecule has 1 aliphatic carbocycles. The van der Waals surface area contributed by atoms with Crippen LogP contribution in [-0.4, -0.2) is 42.1 Å². The standard InChI is InChI=1S/C17H24N2O5/c1-4-23-16(21)14-10(2)15(18-11(14)3)17(22)24-9-13(20)19-12-7-5-6-8-12/h12,18H,4-9H2,1-3H3,(H,19,20). The summed E-state index contributed by atoms with van der Waals surface area (Å²) in [6, 6.07) is 0.182. The number of rotatable bonds is 6. The second-order valence-corrected chi connectivity index (χ2v) is 5.97. The minimum absolute atomic E-state index is 0.171. The van der Waals surface area contributed by atoms with E-state index in [1.54, 1.807) is 20.8 Å². The maximum atomic E-state index is 12.2. The molecular weight excluding hydrogens is 312 g/mol. The molecule has 0 aliphatic heterocycles. The van der Waals surface area contributed by atoms with E-state index >= 15 is 0 Å². The molecule has 24 heavy (non-hydrogen) atoms. The number of carbonyl (C=O) groups excluding carboxylic acids is 3. The van der Waals surface area contributed by atoms with E-state index in [0.717, 1.165) is 25.7 Å². The van der Waals surface area contributed by atoms with Crippen molar-refractivity contribution in [1.82, 2.24) is 10.3 Å². The Morgan fingerprint density at radius 1 is 1.12 bits per heavy atom. The van der Waals surface area contributed by atoms with Crippen molar-refractivity contribution >= 4 is 17.8 Å². The average Bonchev–Trinajstić information content (AvgIpc) is 3.13. The molecule has 1 heterocycles. The van der Waals surface area contributed by atoms with Gasteiger partial charge in [-0.15, -0.1) is 0 Å². The van der Waals surface area contributed by atoms with Crippen LogP contribution >= 0.6 is 0 Å². The van der Waals surface area contributed by atoms with Gasteiger partial charge in [0.2, 0.25) is 0 Å². The van der Waals surface area contributed by atoms with Crippen LogP contribution in [0.25, 0.3) is 0 Å². The van der Waals surface area contributed by atoms with Gasteiger partial charge in [0, 0.05) is 11.7 Å². The van der Waals surface area contributed by atoms with Crippen LogP contribution in [0.4, 0.5) is 0 Å². The number of H-pyrrole nitrogens is 1. The van der Waals surface area contributed by atoms with Crippen molar-refractivity contribution < 1.29 is 23.9 Å². The van der Waals surface area contributed by atoms with Gasteiger partial charge in [0.1, 0.15) is 5.69 Å². The van der Waals surface area contributed by atoms with Gasteiger partial charge >= 0.3 is 11.9 Å². The Balaban J connectivity index is 1.95. The van der Waals surface area contributed by atoms with E-state index in [9.17, 15) is 14.4 Å². The summed E-state index contributed by atoms with van der Waals surface area (Å²) in [7, 11) is 0. The molecule has 1 amide bonds. The number of carbonyl (C=O) groups is 3. The molecular formula is C17H24N2O5. The molecule has 7 nitrogen and oxygen atoms in total. The lowest BCUT2D eigenvalue weighted by Gasteiger charge is -2.11. The zero-order chi connectivity index (χ0) is 17.7. The largest absolute Gasteiger partial charge is 0.462 e. The number of ether oxygens (including phenoxy) is 2. The first-order chi connectivity index (χ1) is 11.4. The number of aromatic nitrogens is 1. The Bertz CT molecular complexity index is 629. The van der Waals surface area contributed by atoms with Gasteiger partial charge in [0.15, 0.2) is 6.61 Å². The molecule has 0 radical (unpaired) electrons. The van der Waals surface area contributed by atoms with Crippen LogP contribution in [0.15, 0.2) is 0 Å². The molecule has 1 aliphatic rings. The Morgan fingerprint density at radius 2 is 1.79 bits per heavy atom. The summed E-state index contributed by atoms with van der Waals surface area (Å²) in [5.41, 5.74) is 1.50. The molecule has 0 unspecified atom stereocenters. The van der Waals surface area contributed by atoms with Crippen molar-refractivity contribution in [3.8, 4) is 0 Å². The highest BCUT2D eigenvalue weighted by Crippen LogP contribution is 2.20. The predicted octanol–water partition coefficient (Wildman–Crippen LogP) is 2.02. The first-order valence-corrected chi connectivity index (χ1v) is 8.26. The average molecular weight is 336 g/mol. The van der Waals surface area contributed by atoms with Crippen molar-refractivity contribution in [3.05, 3.63) is 22.5 Å². The number of amides is 1. The molecule has 0 bridgehead atoms.